The molecule has 4 aromatic rings. The van der Waals surface area contributed by atoms with Crippen LogP contribution in [0.2, 0.25) is 0 Å². The molecule has 6 heteroatoms. The Morgan fingerprint density at radius 1 is 1.00 bits per heavy atom. The van der Waals surface area contributed by atoms with Crippen molar-refractivity contribution < 1.29 is 5.11 Å². The molecule has 0 bridgehead atoms. The first kappa shape index (κ1) is 13.7. The summed E-state index contributed by atoms with van der Waals surface area (Å²) in [5.41, 5.74) is 4.10. The van der Waals surface area contributed by atoms with Crippen LogP contribution >= 0.6 is 0 Å². The van der Waals surface area contributed by atoms with E-state index in [1.165, 1.54) is 0 Å². The van der Waals surface area contributed by atoms with Gasteiger partial charge in [-0.1, -0.05) is 24.3 Å². The summed E-state index contributed by atoms with van der Waals surface area (Å²) in [7, 11) is 0. The van der Waals surface area contributed by atoms with Crippen LogP contribution in [0.3, 0.4) is 0 Å². The second-order valence-corrected chi connectivity index (χ2v) is 5.87. The van der Waals surface area contributed by atoms with Crippen LogP contribution in [0.1, 0.15) is 11.3 Å². The van der Waals surface area contributed by atoms with Crippen molar-refractivity contribution in [3.63, 3.8) is 0 Å². The van der Waals surface area contributed by atoms with Gasteiger partial charge in [0.05, 0.1) is 11.4 Å². The van der Waals surface area contributed by atoms with Gasteiger partial charge in [-0.25, -0.2) is 0 Å². The van der Waals surface area contributed by atoms with E-state index in [0.29, 0.717) is 0 Å². The number of aromatic hydroxyl groups is 1. The molecule has 1 aliphatic rings. The van der Waals surface area contributed by atoms with Crippen molar-refractivity contribution in [1.29, 1.82) is 0 Å². The van der Waals surface area contributed by atoms with Crippen molar-refractivity contribution in [1.82, 2.24) is 15.2 Å². The fourth-order valence-electron chi connectivity index (χ4n) is 3.13. The van der Waals surface area contributed by atoms with Gasteiger partial charge in [0, 0.05) is 27.9 Å². The summed E-state index contributed by atoms with van der Waals surface area (Å²) in [6.45, 7) is 0. The third-order valence-corrected chi connectivity index (χ3v) is 4.33. The lowest BCUT2D eigenvalue weighted by Gasteiger charge is -1.95. The van der Waals surface area contributed by atoms with Gasteiger partial charge in [-0.2, -0.15) is 5.10 Å². The number of fused-ring (bicyclic) bond motifs is 2. The van der Waals surface area contributed by atoms with E-state index in [2.05, 4.69) is 25.4 Å². The standard InChI is InChI=1S/C19H13N5O/c25-19-14(12-3-1-2-4-15(12)21-19)9-11-5-6-13-17(10-11)23-24-18(13)16-7-8-20-22-16/h1-10,21,25H,(H,20,22). The van der Waals surface area contributed by atoms with E-state index in [4.69, 9.17) is 0 Å². The van der Waals surface area contributed by atoms with Crippen molar-refractivity contribution in [3.8, 4) is 5.88 Å². The van der Waals surface area contributed by atoms with Crippen molar-refractivity contribution in [2.24, 2.45) is 10.2 Å². The highest BCUT2D eigenvalue weighted by Crippen LogP contribution is 2.27. The fourth-order valence-corrected chi connectivity index (χ4v) is 3.13. The lowest BCUT2D eigenvalue weighted by atomic mass is 10.1. The Morgan fingerprint density at radius 3 is 2.80 bits per heavy atom. The zero-order valence-corrected chi connectivity index (χ0v) is 13.1. The molecule has 120 valence electrons. The molecule has 3 heterocycles. The number of aromatic nitrogens is 3. The molecule has 0 radical (unpaired) electrons. The molecule has 0 atom stereocenters. The summed E-state index contributed by atoms with van der Waals surface area (Å²) in [5.74, 6) is 0.160. The molecule has 25 heavy (non-hydrogen) atoms. The summed E-state index contributed by atoms with van der Waals surface area (Å²) < 4.78 is 0. The lowest BCUT2D eigenvalue weighted by Crippen LogP contribution is -2.09. The van der Waals surface area contributed by atoms with Crippen molar-refractivity contribution in [2.75, 3.05) is 0 Å². The summed E-state index contributed by atoms with van der Waals surface area (Å²) in [6.07, 6.45) is 3.63. The van der Waals surface area contributed by atoms with Crippen LogP contribution < -0.4 is 10.4 Å². The molecule has 6 nitrogen and oxygen atoms in total. The van der Waals surface area contributed by atoms with Gasteiger partial charge in [-0.15, -0.1) is 10.2 Å². The molecule has 0 spiro atoms. The first-order valence-electron chi connectivity index (χ1n) is 7.87. The first-order valence-corrected chi connectivity index (χ1v) is 7.87. The number of rotatable bonds is 2. The molecule has 1 aliphatic heterocycles. The highest BCUT2D eigenvalue weighted by Gasteiger charge is 2.12. The fraction of sp³-hybridized carbons (Fsp3) is 0. The molecular formula is C19H13N5O. The number of aromatic amines is 2. The SMILES string of the molecule is Oc1[nH]c2ccccc2c1C=c1ccc2c(c1)N=NC=2c1ccn[nH]1. The maximum atomic E-state index is 10.2. The second kappa shape index (κ2) is 5.17. The molecule has 0 unspecified atom stereocenters. The number of hydrogen-bond donors (Lipinski definition) is 3. The van der Waals surface area contributed by atoms with E-state index in [1.54, 1.807) is 6.20 Å². The van der Waals surface area contributed by atoms with Crippen LogP contribution in [-0.4, -0.2) is 20.3 Å². The number of azo groups is 1. The predicted octanol–water partition coefficient (Wildman–Crippen LogP) is 2.68. The van der Waals surface area contributed by atoms with Gasteiger partial charge in [0.15, 0.2) is 5.88 Å². The number of para-hydroxylation sites is 1. The quantitative estimate of drug-likeness (QED) is 0.528. The van der Waals surface area contributed by atoms with E-state index in [-0.39, 0.29) is 5.88 Å². The van der Waals surface area contributed by atoms with Gasteiger partial charge in [0.1, 0.15) is 5.70 Å². The van der Waals surface area contributed by atoms with Crippen LogP contribution in [0.5, 0.6) is 5.88 Å². The number of nitrogens with zero attached hydrogens (tertiary/aromatic N) is 3. The molecule has 0 saturated carbocycles. The minimum atomic E-state index is 0.160. The zero-order chi connectivity index (χ0) is 16.8. The summed E-state index contributed by atoms with van der Waals surface area (Å²) in [6, 6.07) is 15.6. The summed E-state index contributed by atoms with van der Waals surface area (Å²) in [4.78, 5) is 2.99. The van der Waals surface area contributed by atoms with Crippen LogP contribution in [0.4, 0.5) is 5.69 Å². The highest BCUT2D eigenvalue weighted by molar-refractivity contribution is 5.91. The Kier molecular flexibility index (Phi) is 2.84. The minimum Gasteiger partial charge on any atom is -0.494 e. The lowest BCUT2D eigenvalue weighted by molar-refractivity contribution is 0.457. The number of H-pyrrole nitrogens is 2. The van der Waals surface area contributed by atoms with Gasteiger partial charge in [-0.05, 0) is 35.6 Å². The molecule has 0 fully saturated rings. The highest BCUT2D eigenvalue weighted by atomic mass is 16.3. The van der Waals surface area contributed by atoms with E-state index < -0.39 is 0 Å². The monoisotopic (exact) mass is 327 g/mol. The third kappa shape index (κ3) is 2.15. The van der Waals surface area contributed by atoms with Crippen LogP contribution in [0.15, 0.2) is 65.0 Å². The normalized spacial score (nSPS) is 13.8. The number of benzene rings is 2. The number of nitrogens with one attached hydrogen (secondary N) is 2. The largest absolute Gasteiger partial charge is 0.494 e. The van der Waals surface area contributed by atoms with Gasteiger partial charge < -0.3 is 10.1 Å². The Hall–Kier alpha value is -3.67. The van der Waals surface area contributed by atoms with Crippen molar-refractivity contribution in [3.05, 3.63) is 76.4 Å². The van der Waals surface area contributed by atoms with Gasteiger partial charge >= 0.3 is 0 Å². The van der Waals surface area contributed by atoms with Crippen LogP contribution in [-0.2, 0) is 0 Å². The Balaban J connectivity index is 1.69. The average molecular weight is 327 g/mol. The van der Waals surface area contributed by atoms with Gasteiger partial charge in [0.2, 0.25) is 0 Å². The predicted molar refractivity (Wildman–Crippen MR) is 94.8 cm³/mol. The smallest absolute Gasteiger partial charge is 0.196 e. The molecule has 0 aliphatic carbocycles. The molecule has 2 aromatic carbocycles. The first-order chi connectivity index (χ1) is 12.3. The van der Waals surface area contributed by atoms with E-state index in [9.17, 15) is 5.11 Å². The van der Waals surface area contributed by atoms with E-state index >= 15 is 0 Å². The Labute approximate surface area is 141 Å². The molecule has 2 aromatic heterocycles. The van der Waals surface area contributed by atoms with E-state index in [1.807, 2.05) is 54.6 Å². The van der Waals surface area contributed by atoms with Crippen LogP contribution in [0, 0.1) is 0 Å². The van der Waals surface area contributed by atoms with E-state index in [0.717, 1.165) is 44.0 Å². The van der Waals surface area contributed by atoms with Crippen molar-refractivity contribution >= 4 is 28.4 Å². The number of hydrogen-bond acceptors (Lipinski definition) is 4. The summed E-state index contributed by atoms with van der Waals surface area (Å²) in [5, 5.41) is 28.5. The molecule has 0 amide bonds. The summed E-state index contributed by atoms with van der Waals surface area (Å²) >= 11 is 0. The Bertz CT molecular complexity index is 1250. The van der Waals surface area contributed by atoms with Gasteiger partial charge in [-0.3, -0.25) is 5.10 Å². The molecular weight excluding hydrogens is 314 g/mol. The molecule has 0 saturated heterocycles. The second-order valence-electron chi connectivity index (χ2n) is 5.87. The van der Waals surface area contributed by atoms with Crippen molar-refractivity contribution in [2.45, 2.75) is 0 Å². The Morgan fingerprint density at radius 2 is 1.92 bits per heavy atom. The third-order valence-electron chi connectivity index (χ3n) is 4.33. The average Bonchev–Trinajstić information content (AvgIpc) is 3.34. The van der Waals surface area contributed by atoms with Gasteiger partial charge in [0.25, 0.3) is 0 Å². The molecule has 5 rings (SSSR count). The maximum Gasteiger partial charge on any atom is 0.196 e. The maximum absolute atomic E-state index is 10.2. The minimum absolute atomic E-state index is 0.160. The van der Waals surface area contributed by atoms with Crippen LogP contribution in [0.25, 0.3) is 22.7 Å². The zero-order valence-electron chi connectivity index (χ0n) is 13.1. The molecule has 3 N–H and O–H groups in total. The topological polar surface area (TPSA) is 89.4 Å².